The summed E-state index contributed by atoms with van der Waals surface area (Å²) in [6.45, 7) is 3.88. The average molecular weight is 250 g/mol. The Bertz CT molecular complexity index is 235. The summed E-state index contributed by atoms with van der Waals surface area (Å²) in [5.74, 6) is 0.513. The molecule has 4 atom stereocenters. The number of ether oxygens (including phenoxy) is 3. The van der Waals surface area contributed by atoms with E-state index in [1.807, 2.05) is 37.4 Å². The van der Waals surface area contributed by atoms with Crippen LogP contribution in [0, 0.1) is 0 Å². The van der Waals surface area contributed by atoms with Gasteiger partial charge in [0.05, 0.1) is 11.4 Å². The molecule has 0 aliphatic carbocycles. The van der Waals surface area contributed by atoms with Gasteiger partial charge in [0, 0.05) is 5.75 Å². The van der Waals surface area contributed by atoms with Gasteiger partial charge in [-0.25, -0.2) is 0 Å². The van der Waals surface area contributed by atoms with Crippen molar-refractivity contribution >= 4 is 23.5 Å². The molecule has 0 amide bonds. The normalized spacial score (nSPS) is 43.2. The van der Waals surface area contributed by atoms with E-state index >= 15 is 0 Å². The van der Waals surface area contributed by atoms with Crippen molar-refractivity contribution in [3.8, 4) is 0 Å². The molecule has 0 aromatic rings. The Balaban J connectivity index is 2.04. The first-order chi connectivity index (χ1) is 7.07. The summed E-state index contributed by atoms with van der Waals surface area (Å²) in [7, 11) is 0. The fourth-order valence-electron chi connectivity index (χ4n) is 2.13. The Kier molecular flexibility index (Phi) is 3.57. The molecule has 2 fully saturated rings. The highest BCUT2D eigenvalue weighted by atomic mass is 32.2. The molecule has 2 rings (SSSR count). The molecular formula is C10H18O3S2. The third kappa shape index (κ3) is 2.31. The highest BCUT2D eigenvalue weighted by molar-refractivity contribution is 8.00. The third-order valence-electron chi connectivity index (χ3n) is 2.69. The van der Waals surface area contributed by atoms with E-state index in [1.165, 1.54) is 0 Å². The summed E-state index contributed by atoms with van der Waals surface area (Å²) in [4.78, 5) is 0. The van der Waals surface area contributed by atoms with Crippen LogP contribution in [-0.4, -0.2) is 47.8 Å². The molecule has 0 N–H and O–H groups in total. The number of fused-ring (bicyclic) bond motifs is 1. The van der Waals surface area contributed by atoms with E-state index < -0.39 is 5.79 Å². The largest absolute Gasteiger partial charge is 0.344 e. The lowest BCUT2D eigenvalue weighted by molar-refractivity contribution is -0.201. The molecule has 2 heterocycles. The lowest BCUT2D eigenvalue weighted by Crippen LogP contribution is -2.33. The van der Waals surface area contributed by atoms with E-state index in [-0.39, 0.29) is 18.5 Å². The summed E-state index contributed by atoms with van der Waals surface area (Å²) >= 11 is 3.62. The van der Waals surface area contributed by atoms with Gasteiger partial charge in [0.15, 0.2) is 12.1 Å². The van der Waals surface area contributed by atoms with E-state index in [9.17, 15) is 0 Å². The van der Waals surface area contributed by atoms with Crippen LogP contribution < -0.4 is 0 Å². The highest BCUT2D eigenvalue weighted by Crippen LogP contribution is 2.42. The topological polar surface area (TPSA) is 27.7 Å². The first kappa shape index (κ1) is 12.0. The maximum Gasteiger partial charge on any atom is 0.188 e. The molecule has 15 heavy (non-hydrogen) atoms. The van der Waals surface area contributed by atoms with Crippen molar-refractivity contribution in [3.63, 3.8) is 0 Å². The molecule has 0 unspecified atom stereocenters. The Morgan fingerprint density at radius 2 is 1.93 bits per heavy atom. The van der Waals surface area contributed by atoms with Gasteiger partial charge in [-0.3, -0.25) is 0 Å². The van der Waals surface area contributed by atoms with Crippen molar-refractivity contribution in [2.75, 3.05) is 18.3 Å². The fraction of sp³-hybridized carbons (Fsp3) is 1.00. The summed E-state index contributed by atoms with van der Waals surface area (Å²) < 4.78 is 17.5. The van der Waals surface area contributed by atoms with Gasteiger partial charge in [-0.2, -0.15) is 23.5 Å². The van der Waals surface area contributed by atoms with Crippen LogP contribution in [0.25, 0.3) is 0 Å². The molecule has 88 valence electrons. The Morgan fingerprint density at radius 1 is 1.20 bits per heavy atom. The minimum absolute atomic E-state index is 0.0900. The minimum Gasteiger partial charge on any atom is -0.344 e. The van der Waals surface area contributed by atoms with Gasteiger partial charge in [-0.05, 0) is 26.4 Å². The van der Waals surface area contributed by atoms with Crippen LogP contribution in [0.2, 0.25) is 0 Å². The van der Waals surface area contributed by atoms with E-state index in [2.05, 4.69) is 12.5 Å². The number of rotatable bonds is 3. The molecule has 0 bridgehead atoms. The minimum atomic E-state index is -0.492. The SMILES string of the molecule is CSC[C@H]1O[C@@H]2OC(C)(C)O[C@@H]2[C@@H]1SC. The molecular weight excluding hydrogens is 232 g/mol. The van der Waals surface area contributed by atoms with Gasteiger partial charge in [-0.15, -0.1) is 0 Å². The van der Waals surface area contributed by atoms with Crippen LogP contribution >= 0.6 is 23.5 Å². The number of hydrogen-bond acceptors (Lipinski definition) is 5. The van der Waals surface area contributed by atoms with Crippen LogP contribution in [0.3, 0.4) is 0 Å². The van der Waals surface area contributed by atoms with Gasteiger partial charge in [-0.1, -0.05) is 0 Å². The first-order valence-corrected chi connectivity index (χ1v) is 7.78. The van der Waals surface area contributed by atoms with Gasteiger partial charge in [0.25, 0.3) is 0 Å². The van der Waals surface area contributed by atoms with Crippen molar-refractivity contribution in [3.05, 3.63) is 0 Å². The molecule has 0 saturated carbocycles. The molecule has 0 spiro atoms. The van der Waals surface area contributed by atoms with Crippen molar-refractivity contribution in [1.29, 1.82) is 0 Å². The maximum atomic E-state index is 5.88. The van der Waals surface area contributed by atoms with Crippen LogP contribution in [0.5, 0.6) is 0 Å². The molecule has 3 nitrogen and oxygen atoms in total. The molecule has 2 aliphatic rings. The second-order valence-corrected chi connectivity index (χ2v) is 6.23. The second kappa shape index (κ2) is 4.45. The van der Waals surface area contributed by atoms with Crippen LogP contribution in [0.1, 0.15) is 13.8 Å². The van der Waals surface area contributed by atoms with E-state index in [4.69, 9.17) is 14.2 Å². The molecule has 5 heteroatoms. The van der Waals surface area contributed by atoms with Crippen molar-refractivity contribution in [2.45, 2.75) is 43.4 Å². The van der Waals surface area contributed by atoms with Gasteiger partial charge in [0.1, 0.15) is 6.10 Å². The zero-order valence-corrected chi connectivity index (χ0v) is 11.2. The van der Waals surface area contributed by atoms with Crippen molar-refractivity contribution < 1.29 is 14.2 Å². The van der Waals surface area contributed by atoms with Gasteiger partial charge < -0.3 is 14.2 Å². The third-order valence-corrected chi connectivity index (χ3v) is 4.47. The number of thioether (sulfide) groups is 2. The fourth-order valence-corrected chi connectivity index (χ4v) is 3.78. The Morgan fingerprint density at radius 3 is 2.53 bits per heavy atom. The zero-order chi connectivity index (χ0) is 11.1. The van der Waals surface area contributed by atoms with Gasteiger partial charge >= 0.3 is 0 Å². The van der Waals surface area contributed by atoms with Crippen LogP contribution in [0.4, 0.5) is 0 Å². The lowest BCUT2D eigenvalue weighted by Gasteiger charge is -2.24. The molecule has 0 aromatic carbocycles. The Hall–Kier alpha value is 0.580. The Labute approximate surface area is 99.6 Å². The molecule has 0 aromatic heterocycles. The maximum absolute atomic E-state index is 5.88. The first-order valence-electron chi connectivity index (χ1n) is 5.10. The van der Waals surface area contributed by atoms with E-state index in [0.717, 1.165) is 5.75 Å². The average Bonchev–Trinajstić information content (AvgIpc) is 2.56. The lowest BCUT2D eigenvalue weighted by atomic mass is 10.2. The standard InChI is InChI=1S/C10H18O3S2/c1-10(2)12-7-8(15-4)6(5-14-3)11-9(7)13-10/h6-9H,5H2,1-4H3/t6-,7-,8-,9-/m1/s1. The predicted octanol–water partition coefficient (Wildman–Crippen LogP) is 1.96. The zero-order valence-electron chi connectivity index (χ0n) is 9.56. The second-order valence-electron chi connectivity index (χ2n) is 4.30. The predicted molar refractivity (Wildman–Crippen MR) is 64.4 cm³/mol. The van der Waals surface area contributed by atoms with Crippen LogP contribution in [-0.2, 0) is 14.2 Å². The quantitative estimate of drug-likeness (QED) is 0.763. The molecule has 2 aliphatic heterocycles. The number of hydrogen-bond donors (Lipinski definition) is 0. The smallest absolute Gasteiger partial charge is 0.188 e. The molecule has 0 radical (unpaired) electrons. The van der Waals surface area contributed by atoms with Crippen molar-refractivity contribution in [2.24, 2.45) is 0 Å². The monoisotopic (exact) mass is 250 g/mol. The van der Waals surface area contributed by atoms with E-state index in [1.54, 1.807) is 0 Å². The van der Waals surface area contributed by atoms with E-state index in [0.29, 0.717) is 5.25 Å². The summed E-state index contributed by atoms with van der Waals surface area (Å²) in [5, 5.41) is 0.393. The van der Waals surface area contributed by atoms with Crippen LogP contribution in [0.15, 0.2) is 0 Å². The summed E-state index contributed by atoms with van der Waals surface area (Å²) in [6, 6.07) is 0. The molecule has 2 saturated heterocycles. The summed E-state index contributed by atoms with van der Waals surface area (Å²) in [5.41, 5.74) is 0. The van der Waals surface area contributed by atoms with Gasteiger partial charge in [0.2, 0.25) is 0 Å². The van der Waals surface area contributed by atoms with Crippen molar-refractivity contribution in [1.82, 2.24) is 0 Å². The highest BCUT2D eigenvalue weighted by Gasteiger charge is 2.54. The summed E-state index contributed by atoms with van der Waals surface area (Å²) in [6.07, 6.45) is 4.38.